The second kappa shape index (κ2) is 6.76. The molecule has 21 heavy (non-hydrogen) atoms. The maximum atomic E-state index is 12.1. The van der Waals surface area contributed by atoms with Gasteiger partial charge in [-0.15, -0.1) is 0 Å². The van der Waals surface area contributed by atoms with Crippen LogP contribution in [0.25, 0.3) is 0 Å². The number of furan rings is 1. The molecule has 0 aromatic carbocycles. The Bertz CT molecular complexity index is 504. The third-order valence-electron chi connectivity index (χ3n) is 4.22. The highest BCUT2D eigenvalue weighted by Gasteiger charge is 2.32. The standard InChI is InChI=1S/C15H22N2O4/c16-10-15(6-2-1-3-7-15)8-13(18)17-9-11-4-5-12(21-11)14(19)20/h4-5H,1-3,6-10,16H2,(H,17,18)(H,19,20). The van der Waals surface area contributed by atoms with Gasteiger partial charge in [-0.25, -0.2) is 4.79 Å². The normalized spacial score (nSPS) is 17.4. The van der Waals surface area contributed by atoms with Gasteiger partial charge in [-0.05, 0) is 36.9 Å². The van der Waals surface area contributed by atoms with Gasteiger partial charge >= 0.3 is 5.97 Å². The number of rotatable bonds is 6. The van der Waals surface area contributed by atoms with Crippen molar-refractivity contribution in [3.05, 3.63) is 23.7 Å². The summed E-state index contributed by atoms with van der Waals surface area (Å²) in [6.07, 6.45) is 5.90. The fraction of sp³-hybridized carbons (Fsp3) is 0.600. The van der Waals surface area contributed by atoms with Gasteiger partial charge in [0.05, 0.1) is 6.54 Å². The number of hydrogen-bond donors (Lipinski definition) is 3. The number of aromatic carboxylic acids is 1. The van der Waals surface area contributed by atoms with E-state index in [1.807, 2.05) is 0 Å². The molecule has 2 rings (SSSR count). The number of carbonyl (C=O) groups excluding carboxylic acids is 1. The summed E-state index contributed by atoms with van der Waals surface area (Å²) in [4.78, 5) is 22.8. The Morgan fingerprint density at radius 1 is 1.29 bits per heavy atom. The first-order chi connectivity index (χ1) is 10.0. The van der Waals surface area contributed by atoms with E-state index < -0.39 is 5.97 Å². The van der Waals surface area contributed by atoms with Crippen LogP contribution in [0, 0.1) is 5.41 Å². The first kappa shape index (κ1) is 15.6. The largest absolute Gasteiger partial charge is 0.475 e. The third-order valence-corrected chi connectivity index (χ3v) is 4.22. The van der Waals surface area contributed by atoms with Crippen molar-refractivity contribution in [3.63, 3.8) is 0 Å². The van der Waals surface area contributed by atoms with Crippen molar-refractivity contribution >= 4 is 11.9 Å². The average molecular weight is 294 g/mol. The van der Waals surface area contributed by atoms with Gasteiger partial charge in [0.1, 0.15) is 5.76 Å². The summed E-state index contributed by atoms with van der Waals surface area (Å²) in [7, 11) is 0. The number of carbonyl (C=O) groups is 2. The average Bonchev–Trinajstić information content (AvgIpc) is 2.95. The molecule has 0 saturated heterocycles. The molecule has 0 atom stereocenters. The lowest BCUT2D eigenvalue weighted by Gasteiger charge is -2.35. The van der Waals surface area contributed by atoms with Crippen LogP contribution in [0.2, 0.25) is 0 Å². The van der Waals surface area contributed by atoms with Crippen molar-refractivity contribution in [1.29, 1.82) is 0 Å². The van der Waals surface area contributed by atoms with Crippen molar-refractivity contribution < 1.29 is 19.1 Å². The second-order valence-electron chi connectivity index (χ2n) is 5.79. The topological polar surface area (TPSA) is 106 Å². The molecule has 1 aromatic heterocycles. The van der Waals surface area contributed by atoms with Crippen LogP contribution in [0.5, 0.6) is 0 Å². The SMILES string of the molecule is NCC1(CC(=O)NCc2ccc(C(=O)O)o2)CCCCC1. The van der Waals surface area contributed by atoms with Crippen molar-refractivity contribution in [3.8, 4) is 0 Å². The van der Waals surface area contributed by atoms with Crippen LogP contribution in [0.15, 0.2) is 16.5 Å². The van der Waals surface area contributed by atoms with Gasteiger partial charge in [0.2, 0.25) is 11.7 Å². The zero-order valence-corrected chi connectivity index (χ0v) is 12.1. The van der Waals surface area contributed by atoms with E-state index in [0.717, 1.165) is 25.7 Å². The predicted molar refractivity (Wildman–Crippen MR) is 76.7 cm³/mol. The fourth-order valence-electron chi connectivity index (χ4n) is 2.93. The lowest BCUT2D eigenvalue weighted by atomic mass is 9.71. The van der Waals surface area contributed by atoms with E-state index >= 15 is 0 Å². The van der Waals surface area contributed by atoms with Crippen LogP contribution in [0.3, 0.4) is 0 Å². The molecule has 0 bridgehead atoms. The van der Waals surface area contributed by atoms with Crippen molar-refractivity contribution in [2.75, 3.05) is 6.54 Å². The maximum absolute atomic E-state index is 12.1. The van der Waals surface area contributed by atoms with Gasteiger partial charge in [-0.2, -0.15) is 0 Å². The van der Waals surface area contributed by atoms with E-state index in [9.17, 15) is 9.59 Å². The molecule has 1 aromatic rings. The molecule has 0 aliphatic heterocycles. The van der Waals surface area contributed by atoms with Crippen LogP contribution >= 0.6 is 0 Å². The van der Waals surface area contributed by atoms with Gasteiger partial charge in [-0.3, -0.25) is 4.79 Å². The van der Waals surface area contributed by atoms with Crippen molar-refractivity contribution in [2.45, 2.75) is 45.1 Å². The molecule has 0 unspecified atom stereocenters. The number of nitrogens with one attached hydrogen (secondary N) is 1. The molecule has 1 amide bonds. The van der Waals surface area contributed by atoms with Gasteiger partial charge in [0.25, 0.3) is 0 Å². The van der Waals surface area contributed by atoms with Crippen molar-refractivity contribution in [2.24, 2.45) is 11.1 Å². The zero-order chi connectivity index (χ0) is 15.3. The molecule has 1 aliphatic rings. The molecule has 0 spiro atoms. The van der Waals surface area contributed by atoms with E-state index in [0.29, 0.717) is 18.7 Å². The van der Waals surface area contributed by atoms with Gasteiger partial charge < -0.3 is 20.6 Å². The molecule has 116 valence electrons. The number of carboxylic acid groups (broad SMARTS) is 1. The minimum absolute atomic E-state index is 0.0596. The lowest BCUT2D eigenvalue weighted by Crippen LogP contribution is -2.38. The quantitative estimate of drug-likeness (QED) is 0.743. The highest BCUT2D eigenvalue weighted by atomic mass is 16.4. The fourth-order valence-corrected chi connectivity index (χ4v) is 2.93. The monoisotopic (exact) mass is 294 g/mol. The van der Waals surface area contributed by atoms with E-state index in [1.165, 1.54) is 12.5 Å². The van der Waals surface area contributed by atoms with E-state index in [2.05, 4.69) is 5.32 Å². The molecule has 6 heteroatoms. The minimum Gasteiger partial charge on any atom is -0.475 e. The molecule has 0 radical (unpaired) electrons. The number of amides is 1. The molecule has 1 fully saturated rings. The minimum atomic E-state index is -1.11. The van der Waals surface area contributed by atoms with E-state index in [4.69, 9.17) is 15.3 Å². The van der Waals surface area contributed by atoms with E-state index in [-0.39, 0.29) is 23.6 Å². The summed E-state index contributed by atoms with van der Waals surface area (Å²) in [5.74, 6) is -0.858. The summed E-state index contributed by atoms with van der Waals surface area (Å²) in [5.41, 5.74) is 5.79. The summed E-state index contributed by atoms with van der Waals surface area (Å²) >= 11 is 0. The van der Waals surface area contributed by atoms with Crippen LogP contribution in [0.1, 0.15) is 54.8 Å². The Morgan fingerprint density at radius 2 is 2.00 bits per heavy atom. The Kier molecular flexibility index (Phi) is 5.01. The van der Waals surface area contributed by atoms with Crippen LogP contribution in [-0.2, 0) is 11.3 Å². The molecule has 6 nitrogen and oxygen atoms in total. The third kappa shape index (κ3) is 4.07. The maximum Gasteiger partial charge on any atom is 0.371 e. The van der Waals surface area contributed by atoms with Gasteiger partial charge in [-0.1, -0.05) is 19.3 Å². The number of carboxylic acids is 1. The summed E-state index contributed by atoms with van der Waals surface area (Å²) in [6.45, 7) is 0.733. The predicted octanol–water partition coefficient (Wildman–Crippen LogP) is 1.89. The van der Waals surface area contributed by atoms with Gasteiger partial charge in [0, 0.05) is 6.42 Å². The molecule has 1 saturated carbocycles. The Morgan fingerprint density at radius 3 is 2.57 bits per heavy atom. The summed E-state index contributed by atoms with van der Waals surface area (Å²) in [5, 5.41) is 11.5. The number of nitrogens with two attached hydrogens (primary N) is 1. The smallest absolute Gasteiger partial charge is 0.371 e. The van der Waals surface area contributed by atoms with Crippen LogP contribution in [-0.4, -0.2) is 23.5 Å². The van der Waals surface area contributed by atoms with Gasteiger partial charge in [0.15, 0.2) is 0 Å². The Labute approximate surface area is 123 Å². The molecule has 4 N–H and O–H groups in total. The second-order valence-corrected chi connectivity index (χ2v) is 5.79. The molecule has 1 heterocycles. The summed E-state index contributed by atoms with van der Waals surface area (Å²) < 4.78 is 5.10. The first-order valence-electron chi connectivity index (χ1n) is 7.33. The summed E-state index contributed by atoms with van der Waals surface area (Å²) in [6, 6.07) is 2.94. The zero-order valence-electron chi connectivity index (χ0n) is 12.1. The van der Waals surface area contributed by atoms with Crippen molar-refractivity contribution in [1.82, 2.24) is 5.32 Å². The molecule has 1 aliphatic carbocycles. The highest BCUT2D eigenvalue weighted by molar-refractivity contribution is 5.84. The van der Waals surface area contributed by atoms with E-state index in [1.54, 1.807) is 6.07 Å². The van der Waals surface area contributed by atoms with Crippen LogP contribution < -0.4 is 11.1 Å². The number of hydrogen-bond acceptors (Lipinski definition) is 4. The first-order valence-corrected chi connectivity index (χ1v) is 7.33. The molecular formula is C15H22N2O4. The highest BCUT2D eigenvalue weighted by Crippen LogP contribution is 2.38. The molecular weight excluding hydrogens is 272 g/mol. The van der Waals surface area contributed by atoms with Crippen LogP contribution in [0.4, 0.5) is 0 Å². The lowest BCUT2D eigenvalue weighted by molar-refractivity contribution is -0.124. The Hall–Kier alpha value is -1.82. The Balaban J connectivity index is 1.84.